The Morgan fingerprint density at radius 2 is 1.46 bits per heavy atom. The van der Waals surface area contributed by atoms with Gasteiger partial charge < -0.3 is 18.8 Å². The predicted molar refractivity (Wildman–Crippen MR) is 187 cm³/mol. The van der Waals surface area contributed by atoms with Crippen LogP contribution in [0.25, 0.3) is 44.4 Å². The van der Waals surface area contributed by atoms with Gasteiger partial charge in [-0.25, -0.2) is 9.67 Å². The SMILES string of the molecule is CCOc1nn(-c2[c-]c(Oc3[c-]c4c(cc3)c3ccccc3n4-c3cc(C)ccn3)ccc2)c(OCC)c1-c1c(C)cc(C)cc1C.[Pt+2]. The van der Waals surface area contributed by atoms with Crippen LogP contribution >= 0.6 is 0 Å². The Labute approximate surface area is 295 Å². The second kappa shape index (κ2) is 13.7. The number of aromatic nitrogens is 4. The minimum absolute atomic E-state index is 0. The van der Waals surface area contributed by atoms with Crippen molar-refractivity contribution < 1.29 is 35.3 Å². The van der Waals surface area contributed by atoms with Crippen LogP contribution < -0.4 is 14.2 Å². The summed E-state index contributed by atoms with van der Waals surface area (Å²) in [4.78, 5) is 4.69. The molecule has 244 valence electrons. The summed E-state index contributed by atoms with van der Waals surface area (Å²) < 4.78 is 22.7. The Hall–Kier alpha value is -4.87. The van der Waals surface area contributed by atoms with Gasteiger partial charge in [-0.1, -0.05) is 41.4 Å². The third-order valence-electron chi connectivity index (χ3n) is 8.19. The molecular formula is C40H36N4O3Pt. The van der Waals surface area contributed by atoms with E-state index in [9.17, 15) is 0 Å². The minimum atomic E-state index is 0. The van der Waals surface area contributed by atoms with E-state index >= 15 is 0 Å². The number of hydrogen-bond acceptors (Lipinski definition) is 5. The summed E-state index contributed by atoms with van der Waals surface area (Å²) in [5, 5.41) is 7.10. The smallest absolute Gasteiger partial charge is 0.509 e. The summed E-state index contributed by atoms with van der Waals surface area (Å²) in [7, 11) is 0. The number of ether oxygens (including phenoxy) is 3. The van der Waals surface area contributed by atoms with Crippen LogP contribution in [0.5, 0.6) is 23.3 Å². The van der Waals surface area contributed by atoms with Crippen LogP contribution in [0.1, 0.15) is 36.1 Å². The Bertz CT molecular complexity index is 2250. The number of benzene rings is 4. The molecular weight excluding hydrogens is 780 g/mol. The van der Waals surface area contributed by atoms with Crippen LogP contribution in [-0.2, 0) is 21.1 Å². The predicted octanol–water partition coefficient (Wildman–Crippen LogP) is 9.45. The van der Waals surface area contributed by atoms with Crippen molar-refractivity contribution >= 4 is 21.8 Å². The molecule has 3 heterocycles. The van der Waals surface area contributed by atoms with Gasteiger partial charge in [-0.2, -0.15) is 12.1 Å². The number of rotatable bonds is 9. The molecule has 0 N–H and O–H groups in total. The molecule has 7 aromatic rings. The molecule has 48 heavy (non-hydrogen) atoms. The fourth-order valence-electron chi connectivity index (χ4n) is 6.39. The fourth-order valence-corrected chi connectivity index (χ4v) is 6.39. The van der Waals surface area contributed by atoms with Crippen molar-refractivity contribution in [1.29, 1.82) is 0 Å². The Morgan fingerprint density at radius 1 is 0.708 bits per heavy atom. The summed E-state index contributed by atoms with van der Waals surface area (Å²) in [6, 6.07) is 33.4. The van der Waals surface area contributed by atoms with Crippen molar-refractivity contribution in [1.82, 2.24) is 19.3 Å². The molecule has 0 saturated heterocycles. The first kappa shape index (κ1) is 33.0. The zero-order chi connectivity index (χ0) is 32.7. The van der Waals surface area contributed by atoms with Gasteiger partial charge in [-0.05, 0) is 93.1 Å². The van der Waals surface area contributed by atoms with Gasteiger partial charge in [0.25, 0.3) is 0 Å². The van der Waals surface area contributed by atoms with E-state index in [2.05, 4.69) is 91.8 Å². The average Bonchev–Trinajstić information content (AvgIpc) is 3.56. The molecule has 0 aliphatic heterocycles. The van der Waals surface area contributed by atoms with Crippen LogP contribution in [0.3, 0.4) is 0 Å². The maximum atomic E-state index is 6.42. The topological polar surface area (TPSA) is 63.3 Å². The van der Waals surface area contributed by atoms with E-state index in [0.29, 0.717) is 42.2 Å². The van der Waals surface area contributed by atoms with E-state index in [1.807, 2.05) is 56.4 Å². The number of aryl methyl sites for hydroxylation is 4. The molecule has 7 nitrogen and oxygen atoms in total. The van der Waals surface area contributed by atoms with Gasteiger partial charge in [0.15, 0.2) is 0 Å². The molecule has 0 fully saturated rings. The first-order chi connectivity index (χ1) is 22.9. The molecule has 0 aliphatic rings. The van der Waals surface area contributed by atoms with Crippen molar-refractivity contribution in [3.05, 3.63) is 119 Å². The molecule has 0 saturated carbocycles. The van der Waals surface area contributed by atoms with Crippen molar-refractivity contribution in [2.24, 2.45) is 0 Å². The number of hydrogen-bond donors (Lipinski definition) is 0. The van der Waals surface area contributed by atoms with Gasteiger partial charge in [0.05, 0.1) is 13.2 Å². The van der Waals surface area contributed by atoms with E-state index in [4.69, 9.17) is 19.3 Å². The van der Waals surface area contributed by atoms with E-state index in [1.54, 1.807) is 4.68 Å². The summed E-state index contributed by atoms with van der Waals surface area (Å²) in [6.45, 7) is 13.3. The van der Waals surface area contributed by atoms with Gasteiger partial charge in [-0.3, -0.25) is 0 Å². The van der Waals surface area contributed by atoms with E-state index in [-0.39, 0.29) is 21.1 Å². The number of pyridine rings is 1. The van der Waals surface area contributed by atoms with Crippen LogP contribution in [0.4, 0.5) is 0 Å². The average molecular weight is 816 g/mol. The first-order valence-corrected chi connectivity index (χ1v) is 15.9. The molecule has 0 spiro atoms. The Morgan fingerprint density at radius 3 is 2.21 bits per heavy atom. The van der Waals surface area contributed by atoms with E-state index < -0.39 is 0 Å². The summed E-state index contributed by atoms with van der Waals surface area (Å²) >= 11 is 0. The molecule has 0 atom stereocenters. The quantitative estimate of drug-likeness (QED) is 0.136. The molecule has 0 bridgehead atoms. The molecule has 4 aromatic carbocycles. The van der Waals surface area contributed by atoms with Crippen molar-refractivity contribution in [2.45, 2.75) is 41.5 Å². The van der Waals surface area contributed by atoms with Crippen LogP contribution in [-0.4, -0.2) is 32.5 Å². The van der Waals surface area contributed by atoms with Gasteiger partial charge in [0, 0.05) is 23.2 Å². The number of nitrogens with zero attached hydrogens (tertiary/aromatic N) is 4. The molecule has 0 amide bonds. The maximum absolute atomic E-state index is 6.42. The van der Waals surface area contributed by atoms with E-state index in [1.165, 1.54) is 5.56 Å². The maximum Gasteiger partial charge on any atom is 2.00 e. The zero-order valence-corrected chi connectivity index (χ0v) is 30.1. The monoisotopic (exact) mass is 815 g/mol. The minimum Gasteiger partial charge on any atom is -0.509 e. The number of para-hydroxylation sites is 1. The zero-order valence-electron chi connectivity index (χ0n) is 27.8. The largest absolute Gasteiger partial charge is 2.00 e. The molecule has 7 rings (SSSR count). The van der Waals surface area contributed by atoms with Gasteiger partial charge >= 0.3 is 21.1 Å². The van der Waals surface area contributed by atoms with Crippen molar-refractivity contribution in [2.75, 3.05) is 13.2 Å². The van der Waals surface area contributed by atoms with Crippen molar-refractivity contribution in [3.8, 4) is 45.9 Å². The molecule has 0 radical (unpaired) electrons. The van der Waals surface area contributed by atoms with Gasteiger partial charge in [0.1, 0.15) is 11.4 Å². The second-order valence-corrected chi connectivity index (χ2v) is 11.7. The molecule has 0 aliphatic carbocycles. The normalized spacial score (nSPS) is 11.1. The van der Waals surface area contributed by atoms with Gasteiger partial charge in [-0.15, -0.1) is 40.8 Å². The Balaban J connectivity index is 0.00000401. The van der Waals surface area contributed by atoms with E-state index in [0.717, 1.165) is 55.4 Å². The molecule has 8 heteroatoms. The second-order valence-electron chi connectivity index (χ2n) is 11.7. The van der Waals surface area contributed by atoms with Crippen LogP contribution in [0.2, 0.25) is 0 Å². The third kappa shape index (κ3) is 5.99. The third-order valence-corrected chi connectivity index (χ3v) is 8.19. The fraction of sp³-hybridized carbons (Fsp3) is 0.200. The summed E-state index contributed by atoms with van der Waals surface area (Å²) in [5.41, 5.74) is 9.11. The molecule has 0 unspecified atom stereocenters. The summed E-state index contributed by atoms with van der Waals surface area (Å²) in [5.74, 6) is 3.04. The van der Waals surface area contributed by atoms with Crippen LogP contribution in [0.15, 0.2) is 85.1 Å². The molecule has 3 aromatic heterocycles. The standard InChI is InChI=1S/C40H36N4O3.Pt/c1-7-45-39-38(37-27(5)20-26(4)21-28(37)6)40(46-8-2)44(42-39)29-12-11-13-30(23-29)47-31-16-17-33-32-14-9-10-15-34(32)43(35(33)24-31)36-22-25(3)18-19-41-36;/h9-22H,7-8H2,1-6H3;/q-2;+2. The van der Waals surface area contributed by atoms with Gasteiger partial charge in [0.2, 0.25) is 11.8 Å². The Kier molecular flexibility index (Phi) is 9.43. The number of fused-ring (bicyclic) bond motifs is 3. The van der Waals surface area contributed by atoms with Crippen LogP contribution in [0, 0.1) is 39.8 Å². The first-order valence-electron chi connectivity index (χ1n) is 15.9. The van der Waals surface area contributed by atoms with Crippen molar-refractivity contribution in [3.63, 3.8) is 0 Å². The summed E-state index contributed by atoms with van der Waals surface area (Å²) in [6.07, 6.45) is 1.84.